The van der Waals surface area contributed by atoms with Gasteiger partial charge in [-0.2, -0.15) is 0 Å². The van der Waals surface area contributed by atoms with Crippen LogP contribution in [0, 0.1) is 5.92 Å². The molecule has 3 atom stereocenters. The Labute approximate surface area is 129 Å². The maximum Gasteiger partial charge on any atom is 0.326 e. The van der Waals surface area contributed by atoms with Crippen molar-refractivity contribution in [1.29, 1.82) is 0 Å². The number of rotatable bonds is 4. The van der Waals surface area contributed by atoms with Crippen LogP contribution in [0.4, 0.5) is 0 Å². The second-order valence-electron chi connectivity index (χ2n) is 6.82. The van der Waals surface area contributed by atoms with Crippen LogP contribution in [0.1, 0.15) is 58.3 Å². The van der Waals surface area contributed by atoms with E-state index >= 15 is 0 Å². The molecule has 1 aliphatic heterocycles. The lowest BCUT2D eigenvalue weighted by Crippen LogP contribution is -2.57. The van der Waals surface area contributed by atoms with Crippen LogP contribution in [0.2, 0.25) is 0 Å². The first-order valence-corrected chi connectivity index (χ1v) is 8.66. The standard InChI is InChI=1S/C17H32N2O2/c1-4-14-7-6-11-19(12-9-14)15-8-5-10-17(13-15,18-2)16(20)21-3/h14-15,18H,4-13H2,1-3H3. The highest BCUT2D eigenvalue weighted by atomic mass is 16.5. The number of likely N-dealkylation sites (tertiary alicyclic amines) is 1. The molecule has 1 heterocycles. The van der Waals surface area contributed by atoms with Gasteiger partial charge in [-0.3, -0.25) is 4.79 Å². The Morgan fingerprint density at radius 1 is 1.29 bits per heavy atom. The molecule has 4 heteroatoms. The lowest BCUT2D eigenvalue weighted by atomic mass is 9.78. The van der Waals surface area contributed by atoms with E-state index in [1.54, 1.807) is 0 Å². The molecular weight excluding hydrogens is 264 g/mol. The van der Waals surface area contributed by atoms with Crippen molar-refractivity contribution in [3.63, 3.8) is 0 Å². The number of ether oxygens (including phenoxy) is 1. The molecular formula is C17H32N2O2. The first kappa shape index (κ1) is 16.8. The van der Waals surface area contributed by atoms with Crippen LogP contribution >= 0.6 is 0 Å². The number of hydrogen-bond donors (Lipinski definition) is 1. The minimum Gasteiger partial charge on any atom is -0.468 e. The van der Waals surface area contributed by atoms with E-state index in [0.717, 1.165) is 25.2 Å². The van der Waals surface area contributed by atoms with Gasteiger partial charge in [0.1, 0.15) is 5.54 Å². The molecule has 3 unspecified atom stereocenters. The lowest BCUT2D eigenvalue weighted by molar-refractivity contribution is -0.151. The summed E-state index contributed by atoms with van der Waals surface area (Å²) >= 11 is 0. The van der Waals surface area contributed by atoms with E-state index in [1.807, 2.05) is 7.05 Å². The second kappa shape index (κ2) is 7.59. The molecule has 0 amide bonds. The summed E-state index contributed by atoms with van der Waals surface area (Å²) < 4.78 is 5.06. The number of hydrogen-bond acceptors (Lipinski definition) is 4. The van der Waals surface area contributed by atoms with Crippen molar-refractivity contribution in [1.82, 2.24) is 10.2 Å². The summed E-state index contributed by atoms with van der Waals surface area (Å²) in [6.45, 7) is 4.70. The summed E-state index contributed by atoms with van der Waals surface area (Å²) in [6.07, 6.45) is 9.42. The molecule has 2 aliphatic rings. The lowest BCUT2D eigenvalue weighted by Gasteiger charge is -2.42. The zero-order chi connectivity index (χ0) is 15.3. The van der Waals surface area contributed by atoms with Crippen molar-refractivity contribution in [3.8, 4) is 0 Å². The van der Waals surface area contributed by atoms with E-state index in [4.69, 9.17) is 4.74 Å². The molecule has 0 radical (unpaired) electrons. The van der Waals surface area contributed by atoms with E-state index < -0.39 is 5.54 Å². The Bertz CT molecular complexity index is 348. The third-order valence-electron chi connectivity index (χ3n) is 5.76. The number of carbonyl (C=O) groups excluding carboxylic acids is 1. The van der Waals surface area contributed by atoms with Gasteiger partial charge >= 0.3 is 5.97 Å². The summed E-state index contributed by atoms with van der Waals surface area (Å²) in [7, 11) is 3.40. The molecule has 1 N–H and O–H groups in total. The van der Waals surface area contributed by atoms with Gasteiger partial charge in [0.15, 0.2) is 0 Å². The number of carbonyl (C=O) groups is 1. The number of nitrogens with zero attached hydrogens (tertiary/aromatic N) is 1. The summed E-state index contributed by atoms with van der Waals surface area (Å²) in [6, 6.07) is 0.529. The minimum absolute atomic E-state index is 0.0871. The quantitative estimate of drug-likeness (QED) is 0.810. The van der Waals surface area contributed by atoms with E-state index in [2.05, 4.69) is 17.1 Å². The normalized spacial score (nSPS) is 35.2. The van der Waals surface area contributed by atoms with Gasteiger partial charge in [0.05, 0.1) is 7.11 Å². The van der Waals surface area contributed by atoms with Gasteiger partial charge in [0.2, 0.25) is 0 Å². The van der Waals surface area contributed by atoms with Gasteiger partial charge in [-0.15, -0.1) is 0 Å². The van der Waals surface area contributed by atoms with Crippen molar-refractivity contribution in [3.05, 3.63) is 0 Å². The third kappa shape index (κ3) is 3.78. The van der Waals surface area contributed by atoms with Crippen LogP contribution in [0.5, 0.6) is 0 Å². The number of nitrogens with one attached hydrogen (secondary N) is 1. The molecule has 2 rings (SSSR count). The molecule has 1 aliphatic carbocycles. The van der Waals surface area contributed by atoms with Crippen LogP contribution in [0.3, 0.4) is 0 Å². The summed E-state index contributed by atoms with van der Waals surface area (Å²) in [5.74, 6) is 0.809. The average molecular weight is 296 g/mol. The van der Waals surface area contributed by atoms with Crippen LogP contribution in [-0.4, -0.2) is 49.7 Å². The predicted molar refractivity (Wildman–Crippen MR) is 85.3 cm³/mol. The molecule has 4 nitrogen and oxygen atoms in total. The van der Waals surface area contributed by atoms with Crippen molar-refractivity contribution in [2.24, 2.45) is 5.92 Å². The Morgan fingerprint density at radius 3 is 2.76 bits per heavy atom. The number of esters is 1. The van der Waals surface area contributed by atoms with Crippen LogP contribution in [0.25, 0.3) is 0 Å². The minimum atomic E-state index is -0.464. The van der Waals surface area contributed by atoms with Gasteiger partial charge in [-0.25, -0.2) is 0 Å². The molecule has 0 bridgehead atoms. The first-order chi connectivity index (χ1) is 10.1. The maximum atomic E-state index is 12.2. The third-order valence-corrected chi connectivity index (χ3v) is 5.76. The van der Waals surface area contributed by atoms with Gasteiger partial charge in [0, 0.05) is 6.04 Å². The summed E-state index contributed by atoms with van der Waals surface area (Å²) in [5.41, 5.74) is -0.464. The smallest absolute Gasteiger partial charge is 0.326 e. The van der Waals surface area contributed by atoms with E-state index in [-0.39, 0.29) is 5.97 Å². The molecule has 0 aromatic heterocycles. The zero-order valence-corrected chi connectivity index (χ0v) is 14.0. The van der Waals surface area contributed by atoms with Crippen molar-refractivity contribution in [2.45, 2.75) is 69.9 Å². The molecule has 0 spiro atoms. The van der Waals surface area contributed by atoms with Gasteiger partial charge in [-0.05, 0) is 71.0 Å². The highest BCUT2D eigenvalue weighted by Gasteiger charge is 2.44. The number of likely N-dealkylation sites (N-methyl/N-ethyl adjacent to an activating group) is 1. The molecule has 0 aromatic carbocycles. The molecule has 21 heavy (non-hydrogen) atoms. The second-order valence-corrected chi connectivity index (χ2v) is 6.82. The van der Waals surface area contributed by atoms with Gasteiger partial charge in [0.25, 0.3) is 0 Å². The van der Waals surface area contributed by atoms with Crippen LogP contribution in [0.15, 0.2) is 0 Å². The number of methoxy groups -OCH3 is 1. The van der Waals surface area contributed by atoms with Crippen molar-refractivity contribution in [2.75, 3.05) is 27.2 Å². The fraction of sp³-hybridized carbons (Fsp3) is 0.941. The van der Waals surface area contributed by atoms with E-state index in [9.17, 15) is 4.79 Å². The molecule has 1 saturated carbocycles. The Hall–Kier alpha value is -0.610. The molecule has 1 saturated heterocycles. The van der Waals surface area contributed by atoms with Gasteiger partial charge < -0.3 is 15.0 Å². The Kier molecular flexibility index (Phi) is 6.06. The Morgan fingerprint density at radius 2 is 2.10 bits per heavy atom. The van der Waals surface area contributed by atoms with Crippen LogP contribution in [-0.2, 0) is 9.53 Å². The monoisotopic (exact) mass is 296 g/mol. The predicted octanol–water partition coefficient (Wildman–Crippen LogP) is 2.57. The topological polar surface area (TPSA) is 41.6 Å². The Balaban J connectivity index is 2.01. The van der Waals surface area contributed by atoms with Crippen molar-refractivity contribution >= 4 is 5.97 Å². The fourth-order valence-corrected chi connectivity index (χ4v) is 4.23. The molecule has 2 fully saturated rings. The highest BCUT2D eigenvalue weighted by molar-refractivity contribution is 5.81. The van der Waals surface area contributed by atoms with Crippen molar-refractivity contribution < 1.29 is 9.53 Å². The van der Waals surface area contributed by atoms with Gasteiger partial charge in [-0.1, -0.05) is 13.3 Å². The SMILES string of the molecule is CCC1CCCN(C2CCCC(NC)(C(=O)OC)C2)CC1. The van der Waals surface area contributed by atoms with Crippen LogP contribution < -0.4 is 5.32 Å². The largest absolute Gasteiger partial charge is 0.468 e. The summed E-state index contributed by atoms with van der Waals surface area (Å²) in [5, 5.41) is 3.27. The highest BCUT2D eigenvalue weighted by Crippen LogP contribution is 2.33. The fourth-order valence-electron chi connectivity index (χ4n) is 4.23. The average Bonchev–Trinajstić information content (AvgIpc) is 2.79. The maximum absolute atomic E-state index is 12.2. The summed E-state index contributed by atoms with van der Waals surface area (Å²) in [4.78, 5) is 14.9. The molecule has 122 valence electrons. The first-order valence-electron chi connectivity index (χ1n) is 8.66. The van der Waals surface area contributed by atoms with E-state index in [0.29, 0.717) is 6.04 Å². The zero-order valence-electron chi connectivity index (χ0n) is 14.0. The van der Waals surface area contributed by atoms with E-state index in [1.165, 1.54) is 52.3 Å². The molecule has 0 aromatic rings.